The fourth-order valence-electron chi connectivity index (χ4n) is 2.11. The number of halogens is 1. The van der Waals surface area contributed by atoms with Gasteiger partial charge in [-0.2, -0.15) is 0 Å². The predicted molar refractivity (Wildman–Crippen MR) is 70.7 cm³/mol. The molecule has 4 heteroatoms. The van der Waals surface area contributed by atoms with Crippen LogP contribution in [0.1, 0.15) is 35.2 Å². The van der Waals surface area contributed by atoms with Crippen molar-refractivity contribution in [3.8, 4) is 5.75 Å². The fourth-order valence-corrected chi connectivity index (χ4v) is 2.81. The zero-order chi connectivity index (χ0) is 12.5. The molecule has 17 heavy (non-hydrogen) atoms. The van der Waals surface area contributed by atoms with Gasteiger partial charge in [0.1, 0.15) is 5.75 Å². The Kier molecular flexibility index (Phi) is 3.43. The minimum absolute atomic E-state index is 0.0540. The number of alkyl halides is 1. The second-order valence-electron chi connectivity index (χ2n) is 4.72. The first kappa shape index (κ1) is 12.4. The molecule has 2 N–H and O–H groups in total. The van der Waals surface area contributed by atoms with Crippen molar-refractivity contribution in [3.05, 3.63) is 29.3 Å². The van der Waals surface area contributed by atoms with Crippen molar-refractivity contribution in [2.24, 2.45) is 0 Å². The molecule has 1 aliphatic carbocycles. The number of hydrogen-bond acceptors (Lipinski definition) is 2. The first-order valence-electron chi connectivity index (χ1n) is 5.74. The summed E-state index contributed by atoms with van der Waals surface area (Å²) in [5, 5.41) is 13.2. The van der Waals surface area contributed by atoms with Crippen LogP contribution in [-0.4, -0.2) is 21.9 Å². The Morgan fingerprint density at radius 3 is 2.71 bits per heavy atom. The van der Waals surface area contributed by atoms with E-state index in [1.807, 2.05) is 6.92 Å². The molecule has 1 aliphatic rings. The van der Waals surface area contributed by atoms with Crippen LogP contribution in [0.2, 0.25) is 0 Å². The minimum Gasteiger partial charge on any atom is -0.508 e. The van der Waals surface area contributed by atoms with Crippen LogP contribution in [0.5, 0.6) is 5.75 Å². The Labute approximate surface area is 109 Å². The minimum atomic E-state index is -0.0680. The normalized spacial score (nSPS) is 17.3. The summed E-state index contributed by atoms with van der Waals surface area (Å²) < 4.78 is 0. The second-order valence-corrected chi connectivity index (χ2v) is 5.28. The van der Waals surface area contributed by atoms with E-state index < -0.39 is 0 Å². The van der Waals surface area contributed by atoms with Gasteiger partial charge in [-0.05, 0) is 49.9 Å². The molecule has 92 valence electrons. The highest BCUT2D eigenvalue weighted by atomic mass is 79.9. The van der Waals surface area contributed by atoms with E-state index in [1.54, 1.807) is 18.2 Å². The average molecular weight is 298 g/mol. The van der Waals surface area contributed by atoms with Crippen LogP contribution in [0.4, 0.5) is 0 Å². The number of rotatable bonds is 3. The summed E-state index contributed by atoms with van der Waals surface area (Å²) in [6.45, 7) is 1.83. The van der Waals surface area contributed by atoms with Gasteiger partial charge in [0.25, 0.3) is 5.91 Å². The molecule has 3 nitrogen and oxygen atoms in total. The Bertz CT molecular complexity index is 436. The number of phenols is 1. The monoisotopic (exact) mass is 297 g/mol. The molecule has 0 aliphatic heterocycles. The van der Waals surface area contributed by atoms with Gasteiger partial charge in [0, 0.05) is 10.9 Å². The number of benzene rings is 1. The number of aromatic hydroxyl groups is 1. The van der Waals surface area contributed by atoms with Gasteiger partial charge in [0.05, 0.1) is 5.54 Å². The van der Waals surface area contributed by atoms with Crippen LogP contribution in [0, 0.1) is 6.92 Å². The van der Waals surface area contributed by atoms with E-state index in [-0.39, 0.29) is 17.2 Å². The van der Waals surface area contributed by atoms with Gasteiger partial charge in [0.2, 0.25) is 0 Å². The highest BCUT2D eigenvalue weighted by molar-refractivity contribution is 9.09. The first-order chi connectivity index (χ1) is 8.06. The average Bonchev–Trinajstić information content (AvgIpc) is 2.23. The lowest BCUT2D eigenvalue weighted by molar-refractivity contribution is 0.0856. The highest BCUT2D eigenvalue weighted by Gasteiger charge is 2.37. The summed E-state index contributed by atoms with van der Waals surface area (Å²) in [6, 6.07) is 4.82. The molecule has 0 aromatic heterocycles. The second kappa shape index (κ2) is 4.69. The number of amides is 1. The largest absolute Gasteiger partial charge is 0.508 e. The maximum Gasteiger partial charge on any atom is 0.252 e. The van der Waals surface area contributed by atoms with Crippen molar-refractivity contribution < 1.29 is 9.90 Å². The molecule has 0 spiro atoms. The summed E-state index contributed by atoms with van der Waals surface area (Å²) in [4.78, 5) is 12.1. The molecule has 0 radical (unpaired) electrons. The number of hydrogen-bond donors (Lipinski definition) is 2. The molecule has 0 heterocycles. The maximum atomic E-state index is 12.1. The van der Waals surface area contributed by atoms with E-state index in [1.165, 1.54) is 6.42 Å². The smallest absolute Gasteiger partial charge is 0.252 e. The Morgan fingerprint density at radius 2 is 2.24 bits per heavy atom. The molecule has 0 bridgehead atoms. The quantitative estimate of drug-likeness (QED) is 0.843. The van der Waals surface area contributed by atoms with Crippen LogP contribution < -0.4 is 5.32 Å². The third kappa shape index (κ3) is 2.46. The van der Waals surface area contributed by atoms with Crippen LogP contribution in [0.15, 0.2) is 18.2 Å². The first-order valence-corrected chi connectivity index (χ1v) is 6.87. The lowest BCUT2D eigenvalue weighted by atomic mass is 9.78. The molecular weight excluding hydrogens is 282 g/mol. The van der Waals surface area contributed by atoms with Crippen LogP contribution in [0.25, 0.3) is 0 Å². The van der Waals surface area contributed by atoms with Crippen molar-refractivity contribution in [2.75, 3.05) is 5.33 Å². The highest BCUT2D eigenvalue weighted by Crippen LogP contribution is 2.33. The topological polar surface area (TPSA) is 49.3 Å². The van der Waals surface area contributed by atoms with Gasteiger partial charge >= 0.3 is 0 Å². The molecule has 1 amide bonds. The summed E-state index contributed by atoms with van der Waals surface area (Å²) in [5.74, 6) is 0.138. The standard InChI is InChI=1S/C13H16BrNO2/c1-9-7-10(16)3-4-11(9)12(17)15-13(8-14)5-2-6-13/h3-4,7,16H,2,5-6,8H2,1H3,(H,15,17). The van der Waals surface area contributed by atoms with Crippen molar-refractivity contribution in [2.45, 2.75) is 31.7 Å². The molecular formula is C13H16BrNO2. The van der Waals surface area contributed by atoms with Gasteiger partial charge in [-0.1, -0.05) is 15.9 Å². The van der Waals surface area contributed by atoms with Crippen molar-refractivity contribution in [1.29, 1.82) is 0 Å². The zero-order valence-corrected chi connectivity index (χ0v) is 11.4. The SMILES string of the molecule is Cc1cc(O)ccc1C(=O)NC1(CBr)CCC1. The third-order valence-corrected chi connectivity index (χ3v) is 4.47. The summed E-state index contributed by atoms with van der Waals surface area (Å²) in [6.07, 6.45) is 3.22. The van der Waals surface area contributed by atoms with Gasteiger partial charge in [-0.25, -0.2) is 0 Å². The fraction of sp³-hybridized carbons (Fsp3) is 0.462. The Balaban J connectivity index is 2.14. The van der Waals surface area contributed by atoms with Crippen LogP contribution >= 0.6 is 15.9 Å². The van der Waals surface area contributed by atoms with E-state index in [0.717, 1.165) is 23.7 Å². The van der Waals surface area contributed by atoms with Crippen molar-refractivity contribution in [1.82, 2.24) is 5.32 Å². The summed E-state index contributed by atoms with van der Waals surface area (Å²) in [5.41, 5.74) is 1.36. The van der Waals surface area contributed by atoms with Crippen LogP contribution in [-0.2, 0) is 0 Å². The molecule has 1 saturated carbocycles. The lowest BCUT2D eigenvalue weighted by Crippen LogP contribution is -2.54. The van der Waals surface area contributed by atoms with E-state index in [0.29, 0.717) is 5.56 Å². The predicted octanol–water partition coefficient (Wildman–Crippen LogP) is 2.75. The molecule has 2 rings (SSSR count). The maximum absolute atomic E-state index is 12.1. The van der Waals surface area contributed by atoms with Gasteiger partial charge in [-0.15, -0.1) is 0 Å². The molecule has 0 atom stereocenters. The number of aryl methyl sites for hydroxylation is 1. The molecule has 1 aromatic rings. The Hall–Kier alpha value is -1.03. The van der Waals surface area contributed by atoms with Crippen molar-refractivity contribution >= 4 is 21.8 Å². The molecule has 0 saturated heterocycles. The number of phenolic OH excluding ortho intramolecular Hbond substituents is 1. The van der Waals surface area contributed by atoms with E-state index >= 15 is 0 Å². The molecule has 1 aromatic carbocycles. The van der Waals surface area contributed by atoms with Gasteiger partial charge < -0.3 is 10.4 Å². The summed E-state index contributed by atoms with van der Waals surface area (Å²) >= 11 is 3.46. The van der Waals surface area contributed by atoms with Crippen molar-refractivity contribution in [3.63, 3.8) is 0 Å². The van der Waals surface area contributed by atoms with E-state index in [2.05, 4.69) is 21.2 Å². The number of carbonyl (C=O) groups excluding carboxylic acids is 1. The van der Waals surface area contributed by atoms with Crippen LogP contribution in [0.3, 0.4) is 0 Å². The summed E-state index contributed by atoms with van der Waals surface area (Å²) in [7, 11) is 0. The number of nitrogens with one attached hydrogen (secondary N) is 1. The van der Waals surface area contributed by atoms with E-state index in [9.17, 15) is 9.90 Å². The molecule has 0 unspecified atom stereocenters. The third-order valence-electron chi connectivity index (χ3n) is 3.40. The van der Waals surface area contributed by atoms with Gasteiger partial charge in [0.15, 0.2) is 0 Å². The van der Waals surface area contributed by atoms with Gasteiger partial charge in [-0.3, -0.25) is 4.79 Å². The zero-order valence-electron chi connectivity index (χ0n) is 9.79. The Morgan fingerprint density at radius 1 is 1.53 bits per heavy atom. The lowest BCUT2D eigenvalue weighted by Gasteiger charge is -2.41. The van der Waals surface area contributed by atoms with E-state index in [4.69, 9.17) is 0 Å². The number of carbonyl (C=O) groups is 1. The molecule has 1 fully saturated rings.